The summed E-state index contributed by atoms with van der Waals surface area (Å²) in [4.78, 5) is 11.5. The molecule has 0 bridgehead atoms. The van der Waals surface area contributed by atoms with Crippen molar-refractivity contribution < 1.29 is 9.53 Å². The van der Waals surface area contributed by atoms with E-state index in [9.17, 15) is 4.79 Å². The third-order valence-electron chi connectivity index (χ3n) is 3.85. The van der Waals surface area contributed by atoms with E-state index < -0.39 is 0 Å². The summed E-state index contributed by atoms with van der Waals surface area (Å²) in [6.07, 6.45) is 0. The Labute approximate surface area is 151 Å². The maximum Gasteiger partial charge on any atom is 0.337 e. The number of nitrogens with zero attached hydrogens (tertiary/aromatic N) is 3. The second kappa shape index (κ2) is 7.53. The molecule has 3 rings (SSSR count). The van der Waals surface area contributed by atoms with E-state index >= 15 is 0 Å². The average Bonchev–Trinajstić information content (AvgIpc) is 3.00. The van der Waals surface area contributed by atoms with E-state index in [1.807, 2.05) is 35.9 Å². The molecule has 6 heteroatoms. The van der Waals surface area contributed by atoms with Crippen LogP contribution in [0.2, 0.25) is 0 Å². The van der Waals surface area contributed by atoms with Gasteiger partial charge in [-0.2, -0.15) is 0 Å². The first-order valence-corrected chi connectivity index (χ1v) is 8.83. The number of carbonyl (C=O) groups is 1. The summed E-state index contributed by atoms with van der Waals surface area (Å²) in [6, 6.07) is 15.6. The molecule has 25 heavy (non-hydrogen) atoms. The minimum Gasteiger partial charge on any atom is -0.465 e. The molecule has 0 aliphatic rings. The Morgan fingerprint density at radius 3 is 2.60 bits per heavy atom. The van der Waals surface area contributed by atoms with Crippen LogP contribution in [0.4, 0.5) is 0 Å². The van der Waals surface area contributed by atoms with Crippen molar-refractivity contribution >= 4 is 17.7 Å². The molecule has 0 fully saturated rings. The van der Waals surface area contributed by atoms with Gasteiger partial charge in [-0.15, -0.1) is 10.2 Å². The van der Waals surface area contributed by atoms with Gasteiger partial charge >= 0.3 is 5.97 Å². The Morgan fingerprint density at radius 2 is 1.92 bits per heavy atom. The molecule has 0 radical (unpaired) electrons. The highest BCUT2D eigenvalue weighted by atomic mass is 32.2. The quantitative estimate of drug-likeness (QED) is 0.515. The van der Waals surface area contributed by atoms with Crippen molar-refractivity contribution in [3.63, 3.8) is 0 Å². The second-order valence-electron chi connectivity index (χ2n) is 5.71. The van der Waals surface area contributed by atoms with Crippen molar-refractivity contribution in [1.82, 2.24) is 14.8 Å². The minimum absolute atomic E-state index is 0.324. The van der Waals surface area contributed by atoms with E-state index in [2.05, 4.69) is 29.3 Å². The molecule has 0 unspecified atom stereocenters. The topological polar surface area (TPSA) is 57.0 Å². The van der Waals surface area contributed by atoms with Gasteiger partial charge in [0.15, 0.2) is 11.0 Å². The molecule has 1 aromatic heterocycles. The zero-order valence-corrected chi connectivity index (χ0v) is 15.2. The van der Waals surface area contributed by atoms with Crippen molar-refractivity contribution in [2.75, 3.05) is 7.11 Å². The Bertz CT molecular complexity index is 888. The first-order valence-electron chi connectivity index (χ1n) is 7.85. The molecule has 0 aliphatic carbocycles. The number of hydrogen-bond donors (Lipinski definition) is 0. The first kappa shape index (κ1) is 17.2. The van der Waals surface area contributed by atoms with E-state index in [-0.39, 0.29) is 5.97 Å². The molecule has 0 saturated carbocycles. The summed E-state index contributed by atoms with van der Waals surface area (Å²) in [7, 11) is 3.35. The number of esters is 1. The maximum atomic E-state index is 11.5. The van der Waals surface area contributed by atoms with Crippen molar-refractivity contribution in [2.45, 2.75) is 17.8 Å². The number of carbonyl (C=O) groups excluding carboxylic acids is 1. The number of ether oxygens (including phenoxy) is 1. The minimum atomic E-state index is -0.324. The smallest absolute Gasteiger partial charge is 0.337 e. The van der Waals surface area contributed by atoms with Crippen molar-refractivity contribution in [3.8, 4) is 11.4 Å². The van der Waals surface area contributed by atoms with Crippen LogP contribution in [0.3, 0.4) is 0 Å². The van der Waals surface area contributed by atoms with Crippen LogP contribution < -0.4 is 0 Å². The Hall–Kier alpha value is -2.60. The molecule has 2 aromatic carbocycles. The lowest BCUT2D eigenvalue weighted by atomic mass is 10.1. The summed E-state index contributed by atoms with van der Waals surface area (Å²) < 4.78 is 6.71. The zero-order valence-electron chi connectivity index (χ0n) is 14.4. The van der Waals surface area contributed by atoms with Gasteiger partial charge in [-0.25, -0.2) is 4.79 Å². The Kier molecular flexibility index (Phi) is 5.19. The largest absolute Gasteiger partial charge is 0.465 e. The van der Waals surface area contributed by atoms with Crippen LogP contribution in [0.25, 0.3) is 11.4 Å². The fourth-order valence-corrected chi connectivity index (χ4v) is 3.35. The number of aryl methyl sites for hydroxylation is 1. The first-order chi connectivity index (χ1) is 12.1. The number of hydrogen-bond acceptors (Lipinski definition) is 5. The van der Waals surface area contributed by atoms with Crippen LogP contribution in [-0.2, 0) is 17.5 Å². The number of benzene rings is 2. The Morgan fingerprint density at radius 1 is 1.16 bits per heavy atom. The molecule has 0 amide bonds. The van der Waals surface area contributed by atoms with Gasteiger partial charge in [0.2, 0.25) is 0 Å². The van der Waals surface area contributed by atoms with Gasteiger partial charge in [-0.3, -0.25) is 0 Å². The predicted molar refractivity (Wildman–Crippen MR) is 98.5 cm³/mol. The molecule has 0 aliphatic heterocycles. The fourth-order valence-electron chi connectivity index (χ4n) is 2.48. The van der Waals surface area contributed by atoms with Crippen LogP contribution in [0.5, 0.6) is 0 Å². The Balaban J connectivity index is 1.71. The lowest BCUT2D eigenvalue weighted by Crippen LogP contribution is -2.00. The highest BCUT2D eigenvalue weighted by Crippen LogP contribution is 2.25. The van der Waals surface area contributed by atoms with Crippen molar-refractivity contribution in [1.29, 1.82) is 0 Å². The average molecular weight is 353 g/mol. The second-order valence-corrected chi connectivity index (χ2v) is 6.65. The number of rotatable bonds is 5. The third-order valence-corrected chi connectivity index (χ3v) is 4.95. The molecular formula is C19H19N3O2S. The molecule has 0 N–H and O–H groups in total. The van der Waals surface area contributed by atoms with Gasteiger partial charge in [-0.05, 0) is 30.7 Å². The highest BCUT2D eigenvalue weighted by Gasteiger charge is 2.12. The van der Waals surface area contributed by atoms with Crippen LogP contribution in [0.15, 0.2) is 53.7 Å². The number of methoxy groups -OCH3 is 1. The van der Waals surface area contributed by atoms with Gasteiger partial charge in [0.1, 0.15) is 0 Å². The van der Waals surface area contributed by atoms with Crippen LogP contribution in [0.1, 0.15) is 21.5 Å². The monoisotopic (exact) mass is 353 g/mol. The van der Waals surface area contributed by atoms with Gasteiger partial charge < -0.3 is 9.30 Å². The van der Waals surface area contributed by atoms with Gasteiger partial charge in [0.25, 0.3) is 0 Å². The summed E-state index contributed by atoms with van der Waals surface area (Å²) in [6.45, 7) is 2.06. The van der Waals surface area contributed by atoms with Crippen molar-refractivity contribution in [2.24, 2.45) is 7.05 Å². The highest BCUT2D eigenvalue weighted by molar-refractivity contribution is 7.98. The number of aromatic nitrogens is 3. The van der Waals surface area contributed by atoms with E-state index in [0.29, 0.717) is 5.56 Å². The normalized spacial score (nSPS) is 10.7. The lowest BCUT2D eigenvalue weighted by Gasteiger charge is -2.05. The molecule has 0 atom stereocenters. The summed E-state index contributed by atoms with van der Waals surface area (Å²) >= 11 is 1.61. The molecule has 128 valence electrons. The number of thioether (sulfide) groups is 1. The lowest BCUT2D eigenvalue weighted by molar-refractivity contribution is 0.0600. The molecule has 0 spiro atoms. The fraction of sp³-hybridized carbons (Fsp3) is 0.211. The SMILES string of the molecule is COC(=O)c1ccc(CSc2nnc(-c3cccc(C)c3)n2C)cc1. The predicted octanol–water partition coefficient (Wildman–Crippen LogP) is 3.87. The standard InChI is InChI=1S/C19H19N3O2S/c1-13-5-4-6-16(11-13)17-20-21-19(22(17)2)25-12-14-7-9-15(10-8-14)18(23)24-3/h4-11H,12H2,1-3H3. The zero-order chi connectivity index (χ0) is 17.8. The van der Waals surface area contributed by atoms with E-state index in [4.69, 9.17) is 4.74 Å². The third kappa shape index (κ3) is 3.91. The molecule has 3 aromatic rings. The maximum absolute atomic E-state index is 11.5. The van der Waals surface area contributed by atoms with Crippen LogP contribution in [0, 0.1) is 6.92 Å². The van der Waals surface area contributed by atoms with E-state index in [0.717, 1.165) is 27.9 Å². The van der Waals surface area contributed by atoms with E-state index in [1.54, 1.807) is 23.9 Å². The molecule has 1 heterocycles. The molecule has 0 saturated heterocycles. The van der Waals surface area contributed by atoms with E-state index in [1.165, 1.54) is 12.7 Å². The van der Waals surface area contributed by atoms with Crippen LogP contribution in [-0.4, -0.2) is 27.8 Å². The van der Waals surface area contributed by atoms with Gasteiger partial charge in [0, 0.05) is 18.4 Å². The molecule has 5 nitrogen and oxygen atoms in total. The summed E-state index contributed by atoms with van der Waals surface area (Å²) in [5.41, 5.74) is 3.92. The van der Waals surface area contributed by atoms with Gasteiger partial charge in [0.05, 0.1) is 12.7 Å². The summed E-state index contributed by atoms with van der Waals surface area (Å²) in [5, 5.41) is 9.47. The summed E-state index contributed by atoms with van der Waals surface area (Å²) in [5.74, 6) is 1.28. The van der Waals surface area contributed by atoms with Crippen LogP contribution >= 0.6 is 11.8 Å². The van der Waals surface area contributed by atoms with Crippen molar-refractivity contribution in [3.05, 3.63) is 65.2 Å². The van der Waals surface area contributed by atoms with Gasteiger partial charge in [-0.1, -0.05) is 47.7 Å². The molecular weight excluding hydrogens is 334 g/mol.